The first kappa shape index (κ1) is 23.7. The summed E-state index contributed by atoms with van der Waals surface area (Å²) in [5.41, 5.74) is 8.47. The quantitative estimate of drug-likeness (QED) is 0.451. The molecule has 0 aliphatic carbocycles. The van der Waals surface area contributed by atoms with Crippen LogP contribution in [0, 0.1) is 0 Å². The Morgan fingerprint density at radius 1 is 1.17 bits per heavy atom. The summed E-state index contributed by atoms with van der Waals surface area (Å²) in [6.07, 6.45) is 1.19. The molecule has 3 aromatic rings. The predicted octanol–water partition coefficient (Wildman–Crippen LogP) is 5.67. The number of morpholine rings is 1. The molecule has 2 aromatic heterocycles. The fourth-order valence-electron chi connectivity index (χ4n) is 4.50. The molecule has 5 rings (SSSR count). The lowest BCUT2D eigenvalue weighted by molar-refractivity contribution is -0.00301. The van der Waals surface area contributed by atoms with Gasteiger partial charge in [-0.3, -0.25) is 4.79 Å². The van der Waals surface area contributed by atoms with Crippen molar-refractivity contribution in [1.82, 2.24) is 14.9 Å². The Kier molecular flexibility index (Phi) is 4.90. The minimum Gasteiger partial charge on any atom is -0.383 e. The minimum atomic E-state index is -9.80. The maximum absolute atomic E-state index is 13.4. The van der Waals surface area contributed by atoms with Gasteiger partial charge >= 0.3 is 10.2 Å². The predicted molar refractivity (Wildman–Crippen MR) is 120 cm³/mol. The van der Waals surface area contributed by atoms with Crippen LogP contribution in [0.5, 0.6) is 0 Å². The maximum atomic E-state index is 13.4. The number of hydrogen-bond donors (Lipinski definition) is 1. The maximum Gasteiger partial charge on any atom is 0.310 e. The molecule has 2 aliphatic rings. The van der Waals surface area contributed by atoms with Crippen molar-refractivity contribution in [1.29, 1.82) is 0 Å². The van der Waals surface area contributed by atoms with Crippen LogP contribution in [0.2, 0.25) is 0 Å². The molecule has 7 nitrogen and oxygen atoms in total. The molecule has 0 spiro atoms. The van der Waals surface area contributed by atoms with E-state index in [-0.39, 0.29) is 37.1 Å². The molecular formula is C22H21F5N4O3S. The molecule has 2 N–H and O–H groups in total. The van der Waals surface area contributed by atoms with E-state index in [0.29, 0.717) is 35.5 Å². The summed E-state index contributed by atoms with van der Waals surface area (Å²) in [5.74, 6) is -0.142. The van der Waals surface area contributed by atoms with E-state index in [1.807, 2.05) is 6.92 Å². The normalized spacial score (nSPS) is 22.5. The highest BCUT2D eigenvalue weighted by atomic mass is 32.5. The molecule has 2 aliphatic heterocycles. The van der Waals surface area contributed by atoms with Gasteiger partial charge in [0.1, 0.15) is 16.4 Å². The molecule has 0 bridgehead atoms. The molecule has 1 aromatic carbocycles. The topological polar surface area (TPSA) is 90.6 Å². The average Bonchev–Trinajstić information content (AvgIpc) is 3.19. The number of nitrogens with zero attached hydrogens (tertiary/aromatic N) is 3. The van der Waals surface area contributed by atoms with Gasteiger partial charge in [0.25, 0.3) is 5.91 Å². The number of nitrogens with two attached hydrogens (primary N) is 1. The van der Waals surface area contributed by atoms with Gasteiger partial charge < -0.3 is 20.1 Å². The number of carbonyl (C=O) groups is 1. The Bertz CT molecular complexity index is 1350. The molecule has 13 heteroatoms. The molecule has 0 unspecified atom stereocenters. The van der Waals surface area contributed by atoms with E-state index in [1.54, 1.807) is 6.07 Å². The van der Waals surface area contributed by atoms with Crippen molar-refractivity contribution in [3.05, 3.63) is 58.9 Å². The van der Waals surface area contributed by atoms with Crippen molar-refractivity contribution in [2.24, 2.45) is 0 Å². The van der Waals surface area contributed by atoms with Gasteiger partial charge in [0, 0.05) is 17.5 Å². The molecule has 0 saturated carbocycles. The highest BCUT2D eigenvalue weighted by molar-refractivity contribution is 8.45. The van der Waals surface area contributed by atoms with Crippen LogP contribution in [-0.2, 0) is 16.1 Å². The Hall–Kier alpha value is -3.03. The van der Waals surface area contributed by atoms with Gasteiger partial charge in [-0.2, -0.15) is 0 Å². The first-order chi connectivity index (χ1) is 16.2. The summed E-state index contributed by atoms with van der Waals surface area (Å²) < 4.78 is 76.6. The van der Waals surface area contributed by atoms with Crippen molar-refractivity contribution < 1.29 is 33.7 Å². The van der Waals surface area contributed by atoms with E-state index >= 15 is 0 Å². The second kappa shape index (κ2) is 7.24. The largest absolute Gasteiger partial charge is 0.383 e. The van der Waals surface area contributed by atoms with Crippen molar-refractivity contribution in [3.63, 3.8) is 0 Å². The van der Waals surface area contributed by atoms with Crippen molar-refractivity contribution in [2.45, 2.75) is 30.6 Å². The fourth-order valence-corrected chi connectivity index (χ4v) is 5.15. The van der Waals surface area contributed by atoms with E-state index in [2.05, 4.69) is 9.97 Å². The van der Waals surface area contributed by atoms with Crippen LogP contribution in [-0.4, -0.2) is 40.5 Å². The van der Waals surface area contributed by atoms with E-state index in [0.717, 1.165) is 23.3 Å². The second-order valence-electron chi connectivity index (χ2n) is 8.56. The third-order valence-corrected chi connectivity index (χ3v) is 7.42. The smallest absolute Gasteiger partial charge is 0.310 e. The summed E-state index contributed by atoms with van der Waals surface area (Å²) in [6.45, 7) is 2.50. The monoisotopic (exact) mass is 516 g/mol. The Morgan fingerprint density at radius 3 is 2.57 bits per heavy atom. The first-order valence-electron chi connectivity index (χ1n) is 10.7. The van der Waals surface area contributed by atoms with E-state index < -0.39 is 27.1 Å². The zero-order chi connectivity index (χ0) is 25.2. The number of pyridine rings is 2. The molecule has 1 amide bonds. The van der Waals surface area contributed by atoms with Gasteiger partial charge in [0.05, 0.1) is 43.7 Å². The van der Waals surface area contributed by atoms with Crippen molar-refractivity contribution in [2.75, 3.05) is 25.5 Å². The lowest BCUT2D eigenvalue weighted by Gasteiger charge is -2.41. The number of fused-ring (bicyclic) bond motifs is 3. The number of hydrogen-bond acceptors (Lipinski definition) is 6. The third-order valence-electron chi connectivity index (χ3n) is 6.25. The molecule has 1 saturated heterocycles. The van der Waals surface area contributed by atoms with E-state index in [1.165, 1.54) is 11.1 Å². The number of carbonyl (C=O) groups excluding carboxylic acids is 1. The van der Waals surface area contributed by atoms with Crippen LogP contribution in [0.25, 0.3) is 10.9 Å². The summed E-state index contributed by atoms with van der Waals surface area (Å²) >= 11 is 0. The Labute approximate surface area is 196 Å². The van der Waals surface area contributed by atoms with Crippen LogP contribution >= 0.6 is 10.2 Å². The van der Waals surface area contributed by atoms with Gasteiger partial charge in [-0.25, -0.2) is 9.97 Å². The first-order valence-corrected chi connectivity index (χ1v) is 12.6. The van der Waals surface area contributed by atoms with Crippen LogP contribution in [0.4, 0.5) is 25.2 Å². The number of benzene rings is 1. The molecule has 35 heavy (non-hydrogen) atoms. The average molecular weight is 516 g/mol. The second-order valence-corrected chi connectivity index (χ2v) is 11.0. The third kappa shape index (κ3) is 4.28. The number of anilines is 1. The molecule has 4 heterocycles. The molecule has 1 fully saturated rings. The fraction of sp³-hybridized carbons (Fsp3) is 0.318. The van der Waals surface area contributed by atoms with Gasteiger partial charge in [-0.1, -0.05) is 31.6 Å². The summed E-state index contributed by atoms with van der Waals surface area (Å²) in [4.78, 5) is 21.4. The lowest BCUT2D eigenvalue weighted by atomic mass is 10.0. The summed E-state index contributed by atoms with van der Waals surface area (Å²) in [6, 6.07) is 3.37. The van der Waals surface area contributed by atoms with Gasteiger partial charge in [-0.05, 0) is 36.2 Å². The SMILES string of the molecule is C[C@H]1OCc2c1c(N)nc1cnc(C(=O)N3CCOC[C@@H]3c3ccc(S(F)(F)(F)(F)F)cc3)cc21. The zero-order valence-corrected chi connectivity index (χ0v) is 19.2. The molecule has 2 atom stereocenters. The number of amides is 1. The zero-order valence-electron chi connectivity index (χ0n) is 18.4. The standard InChI is InChI=1S/C22H21F5N4O3S/c1-12-20-16(10-34-12)15-8-17(29-9-18(15)30-21(20)28)22(32)31-6-7-33-11-19(31)13-2-4-14(5-3-13)35(23,24,25,26)27/h2-5,8-9,12,19H,6-7,10-11H2,1H3,(H2,28,30)/t12-,19-/m1/s1. The van der Waals surface area contributed by atoms with Crippen LogP contribution in [0.3, 0.4) is 0 Å². The highest BCUT2D eigenvalue weighted by Crippen LogP contribution is 3.02. The van der Waals surface area contributed by atoms with Gasteiger partial charge in [0.15, 0.2) is 0 Å². The van der Waals surface area contributed by atoms with Crippen LogP contribution in [0.1, 0.15) is 46.2 Å². The van der Waals surface area contributed by atoms with E-state index in [9.17, 15) is 24.2 Å². The lowest BCUT2D eigenvalue weighted by Crippen LogP contribution is -2.43. The molecular weight excluding hydrogens is 495 g/mol. The molecule has 188 valence electrons. The summed E-state index contributed by atoms with van der Waals surface area (Å²) in [7, 11) is -9.80. The number of ether oxygens (including phenoxy) is 2. The van der Waals surface area contributed by atoms with Crippen LogP contribution in [0.15, 0.2) is 41.4 Å². The van der Waals surface area contributed by atoms with Crippen molar-refractivity contribution in [3.8, 4) is 0 Å². The number of rotatable bonds is 3. The number of nitrogen functional groups attached to an aromatic ring is 1. The van der Waals surface area contributed by atoms with E-state index in [4.69, 9.17) is 15.2 Å². The van der Waals surface area contributed by atoms with Gasteiger partial charge in [-0.15, -0.1) is 0 Å². The van der Waals surface area contributed by atoms with Crippen LogP contribution < -0.4 is 5.73 Å². The Balaban J connectivity index is 1.49. The molecule has 0 radical (unpaired) electrons. The Morgan fingerprint density at radius 2 is 1.89 bits per heavy atom. The summed E-state index contributed by atoms with van der Waals surface area (Å²) in [5, 5.41) is 0.668. The number of halogens is 5. The number of aromatic nitrogens is 2. The minimum absolute atomic E-state index is 0.00603. The van der Waals surface area contributed by atoms with Gasteiger partial charge in [0.2, 0.25) is 0 Å². The highest BCUT2D eigenvalue weighted by Gasteiger charge is 2.65. The van der Waals surface area contributed by atoms with Crippen molar-refractivity contribution >= 4 is 32.9 Å².